The fourth-order valence-corrected chi connectivity index (χ4v) is 4.73. The van der Waals surface area contributed by atoms with E-state index < -0.39 is 59.0 Å². The number of rotatable bonds is 10. The molecule has 2 fully saturated rings. The minimum atomic E-state index is -1.32. The Morgan fingerprint density at radius 3 is 2.09 bits per heavy atom. The Kier molecular flexibility index (Phi) is 10.1. The second kappa shape index (κ2) is 14.6. The fourth-order valence-electron chi connectivity index (χ4n) is 4.73. The number of nitro groups is 2. The van der Waals surface area contributed by atoms with Gasteiger partial charge in [0, 0.05) is 29.8 Å². The number of nitrogens with zero attached hydrogens (tertiary/aromatic N) is 2. The van der Waals surface area contributed by atoms with Crippen LogP contribution in [-0.4, -0.2) is 66.0 Å². The van der Waals surface area contributed by atoms with Gasteiger partial charge in [0.2, 0.25) is 0 Å². The van der Waals surface area contributed by atoms with E-state index in [1.54, 1.807) is 24.3 Å². The van der Waals surface area contributed by atoms with E-state index in [0.717, 1.165) is 24.3 Å². The minimum absolute atomic E-state index is 0.00456. The summed E-state index contributed by atoms with van der Waals surface area (Å²) in [6, 6.07) is 17.2. The summed E-state index contributed by atoms with van der Waals surface area (Å²) in [5, 5.41) is 24.6. The lowest BCUT2D eigenvalue weighted by Gasteiger charge is -2.48. The van der Waals surface area contributed by atoms with Gasteiger partial charge in [-0.05, 0) is 24.3 Å². The second-order valence-electron chi connectivity index (χ2n) is 9.84. The van der Waals surface area contributed by atoms with Gasteiger partial charge in [0.05, 0.1) is 23.1 Å². The lowest BCUT2D eigenvalue weighted by molar-refractivity contribution is -0.385. The molecule has 16 nitrogen and oxygen atoms in total. The maximum atomic E-state index is 13.1. The lowest BCUT2D eigenvalue weighted by Crippen LogP contribution is -2.68. The Bertz CT molecular complexity index is 1550. The number of amides is 1. The third-order valence-electron chi connectivity index (χ3n) is 6.81. The van der Waals surface area contributed by atoms with Gasteiger partial charge in [0.15, 0.2) is 18.7 Å². The molecule has 2 aliphatic heterocycles. The van der Waals surface area contributed by atoms with E-state index in [1.807, 2.05) is 6.07 Å². The number of non-ortho nitro benzene ring substituents is 2. The molecule has 46 heavy (non-hydrogen) atoms. The summed E-state index contributed by atoms with van der Waals surface area (Å²) in [6.45, 7) is 3.60. The van der Waals surface area contributed by atoms with Gasteiger partial charge in [-0.3, -0.25) is 20.2 Å². The molecule has 1 N–H and O–H groups in total. The smallest absolute Gasteiger partial charge is 0.425 e. The van der Waals surface area contributed by atoms with Crippen molar-refractivity contribution in [2.45, 2.75) is 36.9 Å². The van der Waals surface area contributed by atoms with Gasteiger partial charge in [-0.15, -0.1) is 6.58 Å². The van der Waals surface area contributed by atoms with E-state index in [9.17, 15) is 29.8 Å². The first-order chi connectivity index (χ1) is 22.2. The molecule has 3 aromatic rings. The van der Waals surface area contributed by atoms with E-state index in [-0.39, 0.29) is 36.1 Å². The van der Waals surface area contributed by atoms with E-state index in [1.165, 1.54) is 30.3 Å². The number of nitrogens with one attached hydrogen (secondary N) is 1. The first-order valence-corrected chi connectivity index (χ1v) is 13.8. The Morgan fingerprint density at radius 1 is 0.891 bits per heavy atom. The monoisotopic (exact) mass is 637 g/mol. The van der Waals surface area contributed by atoms with Crippen molar-refractivity contribution in [3.8, 4) is 11.5 Å². The zero-order valence-electron chi connectivity index (χ0n) is 23.9. The molecule has 2 aliphatic rings. The highest BCUT2D eigenvalue weighted by Gasteiger charge is 2.53. The molecule has 0 bridgehead atoms. The van der Waals surface area contributed by atoms with Crippen molar-refractivity contribution < 1.29 is 52.6 Å². The Morgan fingerprint density at radius 2 is 1.50 bits per heavy atom. The van der Waals surface area contributed by atoms with Crippen LogP contribution in [-0.2, 0) is 23.7 Å². The predicted molar refractivity (Wildman–Crippen MR) is 155 cm³/mol. The first kappa shape index (κ1) is 32.0. The standard InChI is InChI=1S/C30H27N3O13/c1-2-16-40-28-24(31-29(34)42-21-12-8-19(9-13-21)32(36)37)26(46-30(35)43-22-14-10-20(11-15-22)33(38)39)25-23(44-28)17-41-27(45-25)18-6-4-3-5-7-18/h2-15,23-28H,1,16-17H2,(H,31,34)/t23-,24-,25-,26-,27-,28+/m1/s1. The molecular formula is C30H27N3O13. The summed E-state index contributed by atoms with van der Waals surface area (Å²) in [7, 11) is 0. The number of carbonyl (C=O) groups excluding carboxylic acids is 2. The fraction of sp³-hybridized carbons (Fsp3) is 0.267. The van der Waals surface area contributed by atoms with Gasteiger partial charge >= 0.3 is 12.2 Å². The van der Waals surface area contributed by atoms with Gasteiger partial charge in [0.25, 0.3) is 11.4 Å². The molecule has 6 atom stereocenters. The molecule has 0 spiro atoms. The molecule has 2 saturated heterocycles. The van der Waals surface area contributed by atoms with E-state index >= 15 is 0 Å². The Hall–Kier alpha value is -5.42. The van der Waals surface area contributed by atoms with E-state index in [2.05, 4.69) is 11.9 Å². The van der Waals surface area contributed by atoms with Gasteiger partial charge in [-0.25, -0.2) is 9.59 Å². The molecule has 3 aromatic carbocycles. The summed E-state index contributed by atoms with van der Waals surface area (Å²) in [6.07, 6.45) is -6.12. The van der Waals surface area contributed by atoms with Crippen LogP contribution in [0.4, 0.5) is 21.0 Å². The SMILES string of the molecule is C=CCO[C@H]1O[C@@H]2CO[C@@H](c3ccccc3)O[C@H]2[C@H](OC(=O)Oc2ccc([N+](=O)[O-])cc2)[C@H]1NC(=O)Oc1ccc([N+](=O)[O-])cc1. The number of nitro benzene ring substituents is 2. The Labute approximate surface area is 260 Å². The van der Waals surface area contributed by atoms with Crippen LogP contribution in [0.3, 0.4) is 0 Å². The van der Waals surface area contributed by atoms with Crippen molar-refractivity contribution in [1.29, 1.82) is 0 Å². The highest BCUT2D eigenvalue weighted by Crippen LogP contribution is 2.36. The van der Waals surface area contributed by atoms with Crippen LogP contribution in [0.15, 0.2) is 91.5 Å². The predicted octanol–water partition coefficient (Wildman–Crippen LogP) is 4.59. The highest BCUT2D eigenvalue weighted by atomic mass is 16.8. The first-order valence-electron chi connectivity index (χ1n) is 13.8. The Balaban J connectivity index is 1.40. The maximum Gasteiger partial charge on any atom is 0.514 e. The largest absolute Gasteiger partial charge is 0.514 e. The molecule has 2 heterocycles. The van der Waals surface area contributed by atoms with Crippen molar-refractivity contribution in [2.75, 3.05) is 13.2 Å². The molecular weight excluding hydrogens is 610 g/mol. The van der Waals surface area contributed by atoms with Crippen molar-refractivity contribution in [3.63, 3.8) is 0 Å². The normalized spacial score (nSPS) is 23.7. The molecule has 0 saturated carbocycles. The zero-order chi connectivity index (χ0) is 32.6. The van der Waals surface area contributed by atoms with Crippen LogP contribution >= 0.6 is 0 Å². The molecule has 1 amide bonds. The summed E-state index contributed by atoms with van der Waals surface area (Å²) in [4.78, 5) is 46.9. The van der Waals surface area contributed by atoms with Crippen LogP contribution in [0.25, 0.3) is 0 Å². The van der Waals surface area contributed by atoms with Crippen LogP contribution in [0.5, 0.6) is 11.5 Å². The third kappa shape index (κ3) is 7.80. The van der Waals surface area contributed by atoms with Crippen LogP contribution < -0.4 is 14.8 Å². The lowest BCUT2D eigenvalue weighted by atomic mass is 9.95. The van der Waals surface area contributed by atoms with E-state index in [0.29, 0.717) is 5.56 Å². The van der Waals surface area contributed by atoms with Crippen molar-refractivity contribution >= 4 is 23.6 Å². The van der Waals surface area contributed by atoms with Gasteiger partial charge in [-0.2, -0.15) is 0 Å². The zero-order valence-corrected chi connectivity index (χ0v) is 23.9. The number of hydrogen-bond acceptors (Lipinski definition) is 13. The van der Waals surface area contributed by atoms with Gasteiger partial charge < -0.3 is 38.5 Å². The summed E-state index contributed by atoms with van der Waals surface area (Å²) < 4.78 is 40.3. The van der Waals surface area contributed by atoms with Crippen molar-refractivity contribution in [2.24, 2.45) is 0 Å². The minimum Gasteiger partial charge on any atom is -0.425 e. The van der Waals surface area contributed by atoms with E-state index in [4.69, 9.17) is 33.2 Å². The molecule has 16 heteroatoms. The topological polar surface area (TPSA) is 197 Å². The average Bonchev–Trinajstić information content (AvgIpc) is 3.05. The molecule has 0 aromatic heterocycles. The molecule has 5 rings (SSSR count). The number of carbonyl (C=O) groups is 2. The number of fused-ring (bicyclic) bond motifs is 1. The molecule has 0 aliphatic carbocycles. The number of hydrogen-bond donors (Lipinski definition) is 1. The number of benzene rings is 3. The van der Waals surface area contributed by atoms with Crippen molar-refractivity contribution in [1.82, 2.24) is 5.32 Å². The van der Waals surface area contributed by atoms with Crippen LogP contribution in [0.2, 0.25) is 0 Å². The summed E-state index contributed by atoms with van der Waals surface area (Å²) >= 11 is 0. The van der Waals surface area contributed by atoms with Gasteiger partial charge in [0.1, 0.15) is 29.7 Å². The third-order valence-corrected chi connectivity index (χ3v) is 6.81. The molecule has 0 radical (unpaired) electrons. The highest BCUT2D eigenvalue weighted by molar-refractivity contribution is 5.71. The summed E-state index contributed by atoms with van der Waals surface area (Å²) in [5.74, 6) is -0.0569. The van der Waals surface area contributed by atoms with Crippen LogP contribution in [0, 0.1) is 20.2 Å². The van der Waals surface area contributed by atoms with Gasteiger partial charge in [-0.1, -0.05) is 36.4 Å². The van der Waals surface area contributed by atoms with Crippen molar-refractivity contribution in [3.05, 3.63) is 117 Å². The number of ether oxygens (including phenoxy) is 7. The molecule has 240 valence electrons. The molecule has 0 unspecified atom stereocenters. The second-order valence-corrected chi connectivity index (χ2v) is 9.84. The maximum absolute atomic E-state index is 13.1. The summed E-state index contributed by atoms with van der Waals surface area (Å²) in [5.41, 5.74) is 0.246. The average molecular weight is 638 g/mol. The quantitative estimate of drug-likeness (QED) is 0.107. The van der Waals surface area contributed by atoms with Crippen LogP contribution in [0.1, 0.15) is 11.9 Å².